The molecule has 0 aliphatic rings. The summed E-state index contributed by atoms with van der Waals surface area (Å²) in [4.78, 5) is 0. The van der Waals surface area contributed by atoms with E-state index in [1.807, 2.05) is 0 Å². The second-order valence-corrected chi connectivity index (χ2v) is 13.0. The highest BCUT2D eigenvalue weighted by molar-refractivity contribution is 6.88. The van der Waals surface area contributed by atoms with Gasteiger partial charge in [0.25, 0.3) is 0 Å². The Labute approximate surface area is 151 Å². The lowest BCUT2D eigenvalue weighted by Gasteiger charge is -2.18. The quantitative estimate of drug-likeness (QED) is 0.517. The van der Waals surface area contributed by atoms with E-state index in [9.17, 15) is 0 Å². The van der Waals surface area contributed by atoms with Crippen LogP contribution in [0.5, 0.6) is 0 Å². The summed E-state index contributed by atoms with van der Waals surface area (Å²) in [6, 6.07) is 19.9. The normalized spacial score (nSPS) is 13.6. The van der Waals surface area contributed by atoms with Gasteiger partial charge in [0.1, 0.15) is 0 Å². The van der Waals surface area contributed by atoms with Gasteiger partial charge in [0, 0.05) is 0 Å². The van der Waals surface area contributed by atoms with Crippen LogP contribution in [-0.4, -0.2) is 8.07 Å². The molecule has 0 saturated heterocycles. The molecule has 2 aromatic carbocycles. The SMILES string of the molecule is CCC(C)c1ccc([Si](C)(C)C)cc1.CCC(C)c1ccccc1. The fourth-order valence-electron chi connectivity index (χ4n) is 2.56. The van der Waals surface area contributed by atoms with Crippen molar-refractivity contribution in [2.45, 2.75) is 72.0 Å². The lowest BCUT2D eigenvalue weighted by Crippen LogP contribution is -2.37. The molecule has 0 fully saturated rings. The summed E-state index contributed by atoms with van der Waals surface area (Å²) < 4.78 is 0. The maximum absolute atomic E-state index is 2.39. The van der Waals surface area contributed by atoms with Gasteiger partial charge in [0.15, 0.2) is 0 Å². The first-order valence-electron chi connectivity index (χ1n) is 9.44. The molecule has 132 valence electrons. The van der Waals surface area contributed by atoms with E-state index in [0.29, 0.717) is 11.8 Å². The molecule has 0 aromatic heterocycles. The summed E-state index contributed by atoms with van der Waals surface area (Å²) in [5.41, 5.74) is 2.93. The zero-order valence-electron chi connectivity index (χ0n) is 16.8. The highest BCUT2D eigenvalue weighted by atomic mass is 28.3. The Morgan fingerprint density at radius 3 is 1.46 bits per heavy atom. The van der Waals surface area contributed by atoms with Gasteiger partial charge < -0.3 is 0 Å². The van der Waals surface area contributed by atoms with Crippen LogP contribution in [0.25, 0.3) is 0 Å². The van der Waals surface area contributed by atoms with Crippen LogP contribution < -0.4 is 5.19 Å². The van der Waals surface area contributed by atoms with Crippen LogP contribution in [0.1, 0.15) is 63.5 Å². The van der Waals surface area contributed by atoms with Crippen LogP contribution in [0.15, 0.2) is 54.6 Å². The first-order chi connectivity index (χ1) is 11.3. The van der Waals surface area contributed by atoms with E-state index < -0.39 is 8.07 Å². The van der Waals surface area contributed by atoms with Gasteiger partial charge in [-0.15, -0.1) is 0 Å². The molecule has 2 rings (SSSR count). The molecule has 2 aromatic rings. The Morgan fingerprint density at radius 2 is 1.08 bits per heavy atom. The zero-order chi connectivity index (χ0) is 18.2. The van der Waals surface area contributed by atoms with Crippen molar-refractivity contribution in [2.75, 3.05) is 0 Å². The lowest BCUT2D eigenvalue weighted by molar-refractivity contribution is 0.733. The minimum absolute atomic E-state index is 0.700. The fraction of sp³-hybridized carbons (Fsp3) is 0.478. The first-order valence-corrected chi connectivity index (χ1v) is 12.9. The predicted molar refractivity (Wildman–Crippen MR) is 113 cm³/mol. The smallest absolute Gasteiger partial charge is 0.0656 e. The molecule has 0 heterocycles. The molecule has 0 radical (unpaired) electrons. The van der Waals surface area contributed by atoms with Crippen molar-refractivity contribution in [1.29, 1.82) is 0 Å². The predicted octanol–water partition coefficient (Wildman–Crippen LogP) is 6.95. The summed E-state index contributed by atoms with van der Waals surface area (Å²) in [5.74, 6) is 1.41. The monoisotopic (exact) mass is 340 g/mol. The summed E-state index contributed by atoms with van der Waals surface area (Å²) in [6.07, 6.45) is 2.45. The van der Waals surface area contributed by atoms with Gasteiger partial charge in [-0.1, -0.05) is 107 Å². The van der Waals surface area contributed by atoms with Crippen LogP contribution >= 0.6 is 0 Å². The van der Waals surface area contributed by atoms with E-state index in [4.69, 9.17) is 0 Å². The Hall–Kier alpha value is -1.34. The fourth-order valence-corrected chi connectivity index (χ4v) is 3.73. The molecule has 0 amide bonds. The second-order valence-electron chi connectivity index (χ2n) is 7.90. The first kappa shape index (κ1) is 20.7. The van der Waals surface area contributed by atoms with Crippen molar-refractivity contribution in [3.05, 3.63) is 65.7 Å². The van der Waals surface area contributed by atoms with Gasteiger partial charge in [-0.3, -0.25) is 0 Å². The van der Waals surface area contributed by atoms with Crippen molar-refractivity contribution in [2.24, 2.45) is 0 Å². The summed E-state index contributed by atoms with van der Waals surface area (Å²) in [5, 5.41) is 1.56. The average molecular weight is 341 g/mol. The highest BCUT2D eigenvalue weighted by Gasteiger charge is 2.15. The van der Waals surface area contributed by atoms with Crippen LogP contribution in [0.2, 0.25) is 19.6 Å². The van der Waals surface area contributed by atoms with Crippen molar-refractivity contribution in [1.82, 2.24) is 0 Å². The molecule has 0 aliphatic heterocycles. The van der Waals surface area contributed by atoms with Crippen molar-refractivity contribution >= 4 is 13.3 Å². The Kier molecular flexibility index (Phi) is 8.48. The summed E-state index contributed by atoms with van der Waals surface area (Å²) in [7, 11) is -1.10. The molecule has 0 saturated carbocycles. The van der Waals surface area contributed by atoms with Crippen LogP contribution in [0.4, 0.5) is 0 Å². The molecule has 0 spiro atoms. The molecular formula is C23H36Si. The van der Waals surface area contributed by atoms with Crippen LogP contribution in [-0.2, 0) is 0 Å². The van der Waals surface area contributed by atoms with Gasteiger partial charge in [-0.25, -0.2) is 0 Å². The maximum atomic E-state index is 2.39. The van der Waals surface area contributed by atoms with Gasteiger partial charge in [-0.05, 0) is 35.8 Å². The van der Waals surface area contributed by atoms with Crippen molar-refractivity contribution in [3.63, 3.8) is 0 Å². The minimum atomic E-state index is -1.10. The third-order valence-electron chi connectivity index (χ3n) is 4.94. The molecule has 1 heteroatoms. The number of hydrogen-bond acceptors (Lipinski definition) is 0. The number of benzene rings is 2. The number of rotatable bonds is 5. The third-order valence-corrected chi connectivity index (χ3v) is 7.00. The molecule has 0 N–H and O–H groups in total. The van der Waals surface area contributed by atoms with Crippen LogP contribution in [0.3, 0.4) is 0 Å². The van der Waals surface area contributed by atoms with Gasteiger partial charge >= 0.3 is 0 Å². The topological polar surface area (TPSA) is 0 Å². The molecule has 0 bridgehead atoms. The van der Waals surface area contributed by atoms with E-state index in [0.717, 1.165) is 0 Å². The van der Waals surface area contributed by atoms with Crippen molar-refractivity contribution in [3.8, 4) is 0 Å². The molecule has 2 atom stereocenters. The summed E-state index contributed by atoms with van der Waals surface area (Å²) in [6.45, 7) is 16.2. The van der Waals surface area contributed by atoms with Gasteiger partial charge in [0.05, 0.1) is 8.07 Å². The zero-order valence-corrected chi connectivity index (χ0v) is 17.8. The lowest BCUT2D eigenvalue weighted by atomic mass is 9.99. The second kappa shape index (κ2) is 9.83. The van der Waals surface area contributed by atoms with Gasteiger partial charge in [0.2, 0.25) is 0 Å². The van der Waals surface area contributed by atoms with Crippen molar-refractivity contribution < 1.29 is 0 Å². The van der Waals surface area contributed by atoms with Gasteiger partial charge in [-0.2, -0.15) is 0 Å². The van der Waals surface area contributed by atoms with E-state index in [1.54, 1.807) is 5.19 Å². The number of hydrogen-bond donors (Lipinski definition) is 0. The van der Waals surface area contributed by atoms with E-state index in [1.165, 1.54) is 24.0 Å². The standard InChI is InChI=1S/C13H22Si.C10H14/c1-6-11(2)12-7-9-13(10-8-12)14(3,4)5;1-3-9(2)10-7-5-4-6-8-10/h7-11H,6H2,1-5H3;4-9H,3H2,1-2H3. The maximum Gasteiger partial charge on any atom is 0.0775 e. The average Bonchev–Trinajstić information content (AvgIpc) is 2.61. The Bertz CT molecular complexity index is 563. The van der Waals surface area contributed by atoms with E-state index in [-0.39, 0.29) is 0 Å². The molecule has 24 heavy (non-hydrogen) atoms. The molecular weight excluding hydrogens is 304 g/mol. The largest absolute Gasteiger partial charge is 0.0775 e. The molecule has 0 nitrogen and oxygen atoms in total. The van der Waals surface area contributed by atoms with E-state index >= 15 is 0 Å². The Balaban J connectivity index is 0.000000254. The van der Waals surface area contributed by atoms with Crippen LogP contribution in [0, 0.1) is 0 Å². The molecule has 0 aliphatic carbocycles. The summed E-state index contributed by atoms with van der Waals surface area (Å²) >= 11 is 0. The third kappa shape index (κ3) is 6.65. The minimum Gasteiger partial charge on any atom is -0.0656 e. The highest BCUT2D eigenvalue weighted by Crippen LogP contribution is 2.18. The molecule has 2 unspecified atom stereocenters. The van der Waals surface area contributed by atoms with E-state index in [2.05, 4.69) is 102 Å². The Morgan fingerprint density at radius 1 is 0.667 bits per heavy atom.